The molecular weight excluding hydrogens is 347 g/mol. The van der Waals surface area contributed by atoms with Gasteiger partial charge in [-0.05, 0) is 53.4 Å². The molecule has 3 rings (SSSR count). The lowest BCUT2D eigenvalue weighted by Crippen LogP contribution is -2.32. The second-order valence-electron chi connectivity index (χ2n) is 5.64. The van der Waals surface area contributed by atoms with Crippen LogP contribution in [0.4, 0.5) is 13.2 Å². The summed E-state index contributed by atoms with van der Waals surface area (Å²) in [5.74, 6) is 0. The van der Waals surface area contributed by atoms with E-state index in [1.54, 1.807) is 0 Å². The highest BCUT2D eigenvalue weighted by atomic mass is 32.2. The molecule has 0 amide bonds. The summed E-state index contributed by atoms with van der Waals surface area (Å²) in [5, 5.41) is 3.91. The topological polar surface area (TPSA) is 46.2 Å². The van der Waals surface area contributed by atoms with E-state index in [0.717, 1.165) is 30.5 Å². The van der Waals surface area contributed by atoms with Crippen LogP contribution in [0, 0.1) is 0 Å². The quantitative estimate of drug-likeness (QED) is 0.881. The Morgan fingerprint density at radius 1 is 1.22 bits per heavy atom. The minimum Gasteiger partial charge on any atom is -0.210 e. The number of thiophene rings is 1. The first-order chi connectivity index (χ1) is 10.7. The van der Waals surface area contributed by atoms with Crippen LogP contribution in [0.2, 0.25) is 0 Å². The van der Waals surface area contributed by atoms with Gasteiger partial charge in [0.25, 0.3) is 0 Å². The highest BCUT2D eigenvalue weighted by Crippen LogP contribution is 2.48. The summed E-state index contributed by atoms with van der Waals surface area (Å²) in [4.78, 5) is -0.367. The molecule has 3 nitrogen and oxygen atoms in total. The van der Waals surface area contributed by atoms with E-state index in [0.29, 0.717) is 6.07 Å². The van der Waals surface area contributed by atoms with Gasteiger partial charge in [-0.3, -0.25) is 0 Å². The van der Waals surface area contributed by atoms with Crippen molar-refractivity contribution in [1.29, 1.82) is 0 Å². The van der Waals surface area contributed by atoms with Gasteiger partial charge in [-0.1, -0.05) is 6.07 Å². The SMILES string of the molecule is O=S(=O)(NCC1(c2ccsc2)CC1)c1cccc(C(F)(F)F)c1. The Kier molecular flexibility index (Phi) is 4.02. The third-order valence-corrected chi connectivity index (χ3v) is 6.14. The van der Waals surface area contributed by atoms with E-state index in [-0.39, 0.29) is 16.9 Å². The molecule has 23 heavy (non-hydrogen) atoms. The first-order valence-electron chi connectivity index (χ1n) is 6.93. The lowest BCUT2D eigenvalue weighted by atomic mass is 10.0. The third kappa shape index (κ3) is 3.44. The number of hydrogen-bond acceptors (Lipinski definition) is 3. The predicted molar refractivity (Wildman–Crippen MR) is 81.9 cm³/mol. The van der Waals surface area contributed by atoms with Crippen LogP contribution in [0.25, 0.3) is 0 Å². The second-order valence-corrected chi connectivity index (χ2v) is 8.19. The minimum absolute atomic E-state index is 0.197. The third-order valence-electron chi connectivity index (χ3n) is 4.06. The number of hydrogen-bond donors (Lipinski definition) is 1. The summed E-state index contributed by atoms with van der Waals surface area (Å²) in [6.45, 7) is 0.197. The summed E-state index contributed by atoms with van der Waals surface area (Å²) in [6, 6.07) is 5.74. The second kappa shape index (κ2) is 5.61. The molecule has 1 aliphatic rings. The molecule has 0 spiro atoms. The molecule has 1 fully saturated rings. The van der Waals surface area contributed by atoms with E-state index in [2.05, 4.69) is 4.72 Å². The lowest BCUT2D eigenvalue weighted by molar-refractivity contribution is -0.137. The van der Waals surface area contributed by atoms with Gasteiger partial charge in [0.1, 0.15) is 0 Å². The Balaban J connectivity index is 1.78. The van der Waals surface area contributed by atoms with Crippen molar-refractivity contribution in [1.82, 2.24) is 4.72 Å². The van der Waals surface area contributed by atoms with Gasteiger partial charge in [0.05, 0.1) is 10.5 Å². The van der Waals surface area contributed by atoms with Crippen LogP contribution in [0.1, 0.15) is 24.0 Å². The van der Waals surface area contributed by atoms with E-state index in [1.807, 2.05) is 16.8 Å². The highest BCUT2D eigenvalue weighted by Gasteiger charge is 2.45. The molecule has 1 aromatic heterocycles. The summed E-state index contributed by atoms with van der Waals surface area (Å²) in [6.07, 6.45) is -2.83. The van der Waals surface area contributed by atoms with E-state index in [1.165, 1.54) is 17.4 Å². The van der Waals surface area contributed by atoms with Crippen LogP contribution in [0.5, 0.6) is 0 Å². The zero-order valence-electron chi connectivity index (χ0n) is 11.9. The van der Waals surface area contributed by atoms with Crippen LogP contribution < -0.4 is 4.72 Å². The van der Waals surface area contributed by atoms with E-state index < -0.39 is 21.8 Å². The zero-order valence-corrected chi connectivity index (χ0v) is 13.6. The number of benzene rings is 1. The molecule has 1 aliphatic carbocycles. The van der Waals surface area contributed by atoms with Gasteiger partial charge in [0.2, 0.25) is 10.0 Å². The first kappa shape index (κ1) is 16.5. The van der Waals surface area contributed by atoms with Crippen molar-refractivity contribution in [3.8, 4) is 0 Å². The first-order valence-corrected chi connectivity index (χ1v) is 9.35. The molecule has 0 saturated heterocycles. The highest BCUT2D eigenvalue weighted by molar-refractivity contribution is 7.89. The Morgan fingerprint density at radius 3 is 2.52 bits per heavy atom. The summed E-state index contributed by atoms with van der Waals surface area (Å²) < 4.78 is 65.2. The molecule has 0 radical (unpaired) electrons. The van der Waals surface area contributed by atoms with Crippen LogP contribution in [0.15, 0.2) is 46.0 Å². The van der Waals surface area contributed by atoms with E-state index in [4.69, 9.17) is 0 Å². The molecule has 124 valence electrons. The van der Waals surface area contributed by atoms with Gasteiger partial charge in [-0.2, -0.15) is 24.5 Å². The van der Waals surface area contributed by atoms with Crippen LogP contribution >= 0.6 is 11.3 Å². The van der Waals surface area contributed by atoms with Crippen LogP contribution in [-0.2, 0) is 21.6 Å². The van der Waals surface area contributed by atoms with E-state index in [9.17, 15) is 21.6 Å². The Bertz CT molecular complexity index is 794. The average molecular weight is 361 g/mol. The van der Waals surface area contributed by atoms with E-state index >= 15 is 0 Å². The van der Waals surface area contributed by atoms with Gasteiger partial charge in [0.15, 0.2) is 0 Å². The lowest BCUT2D eigenvalue weighted by Gasteiger charge is -2.15. The monoisotopic (exact) mass is 361 g/mol. The van der Waals surface area contributed by atoms with Crippen molar-refractivity contribution in [2.45, 2.75) is 29.3 Å². The fourth-order valence-corrected chi connectivity index (χ4v) is 4.39. The number of rotatable bonds is 5. The molecule has 1 N–H and O–H groups in total. The normalized spacial score (nSPS) is 17.2. The fourth-order valence-electron chi connectivity index (χ4n) is 2.44. The minimum atomic E-state index is -4.57. The molecule has 0 bridgehead atoms. The molecule has 8 heteroatoms. The molecule has 2 aromatic rings. The molecule has 1 saturated carbocycles. The summed E-state index contributed by atoms with van der Waals surface area (Å²) in [5.41, 5.74) is -0.108. The molecule has 0 atom stereocenters. The maximum atomic E-state index is 12.7. The summed E-state index contributed by atoms with van der Waals surface area (Å²) in [7, 11) is -3.97. The largest absolute Gasteiger partial charge is 0.416 e. The molecule has 1 aromatic carbocycles. The maximum Gasteiger partial charge on any atom is 0.416 e. The maximum absolute atomic E-state index is 12.7. The van der Waals surface area contributed by atoms with Gasteiger partial charge in [-0.25, -0.2) is 13.1 Å². The van der Waals surface area contributed by atoms with Gasteiger partial charge >= 0.3 is 6.18 Å². The van der Waals surface area contributed by atoms with Crippen molar-refractivity contribution in [3.63, 3.8) is 0 Å². The Hall–Kier alpha value is -1.38. The molecule has 1 heterocycles. The van der Waals surface area contributed by atoms with Crippen molar-refractivity contribution in [2.24, 2.45) is 0 Å². The van der Waals surface area contributed by atoms with Gasteiger partial charge in [0, 0.05) is 12.0 Å². The zero-order chi connectivity index (χ0) is 16.7. The van der Waals surface area contributed by atoms with Crippen LogP contribution in [0.3, 0.4) is 0 Å². The number of sulfonamides is 1. The van der Waals surface area contributed by atoms with Crippen molar-refractivity contribution < 1.29 is 21.6 Å². The standard InChI is InChI=1S/C15H14F3NO2S2/c16-15(17,18)11-2-1-3-13(8-11)23(20,21)19-10-14(5-6-14)12-4-7-22-9-12/h1-4,7-9,19H,5-6,10H2. The van der Waals surface area contributed by atoms with Crippen LogP contribution in [-0.4, -0.2) is 15.0 Å². The molecular formula is C15H14F3NO2S2. The number of alkyl halides is 3. The van der Waals surface area contributed by atoms with Gasteiger partial charge in [-0.15, -0.1) is 0 Å². The smallest absolute Gasteiger partial charge is 0.210 e. The van der Waals surface area contributed by atoms with Crippen molar-refractivity contribution >= 4 is 21.4 Å². The predicted octanol–water partition coefficient (Wildman–Crippen LogP) is 3.78. The van der Waals surface area contributed by atoms with Gasteiger partial charge < -0.3 is 0 Å². The fraction of sp³-hybridized carbons (Fsp3) is 0.333. The number of nitrogens with one attached hydrogen (secondary N) is 1. The summed E-state index contributed by atoms with van der Waals surface area (Å²) >= 11 is 1.54. The average Bonchev–Trinajstić information content (AvgIpc) is 3.08. The Morgan fingerprint density at radius 2 is 1.96 bits per heavy atom. The Labute approximate surface area is 136 Å². The number of halogens is 3. The van der Waals surface area contributed by atoms with Crippen molar-refractivity contribution in [3.05, 3.63) is 52.2 Å². The molecule has 0 aliphatic heterocycles. The van der Waals surface area contributed by atoms with Crippen molar-refractivity contribution in [2.75, 3.05) is 6.54 Å². The molecule has 0 unspecified atom stereocenters.